The fraction of sp³-hybridized carbons (Fsp3) is 0.176. The molecule has 0 atom stereocenters. The highest BCUT2D eigenvalue weighted by Crippen LogP contribution is 2.17. The number of nitrogens with zero attached hydrogens (tertiary/aromatic N) is 2. The first-order chi connectivity index (χ1) is 11.0. The van der Waals surface area contributed by atoms with Gasteiger partial charge < -0.3 is 0 Å². The Labute approximate surface area is 134 Å². The minimum atomic E-state index is -0.602. The number of nitrogens with one attached hydrogen (secondary N) is 1. The van der Waals surface area contributed by atoms with Crippen molar-refractivity contribution in [1.29, 1.82) is 0 Å². The van der Waals surface area contributed by atoms with E-state index in [0.29, 0.717) is 12.1 Å². The molecule has 0 heterocycles. The summed E-state index contributed by atoms with van der Waals surface area (Å²) in [6.07, 6.45) is 0.625. The van der Waals surface area contributed by atoms with Gasteiger partial charge in [-0.25, -0.2) is 5.43 Å². The lowest BCUT2D eigenvalue weighted by atomic mass is 10.1. The number of benzene rings is 2. The van der Waals surface area contributed by atoms with Crippen LogP contribution in [0.4, 0.5) is 5.69 Å². The molecule has 0 aliphatic carbocycles. The van der Waals surface area contributed by atoms with Crippen LogP contribution in [0.15, 0.2) is 53.6 Å². The van der Waals surface area contributed by atoms with Crippen LogP contribution in [0.3, 0.4) is 0 Å². The summed E-state index contributed by atoms with van der Waals surface area (Å²) in [7, 11) is 0. The van der Waals surface area contributed by atoms with E-state index in [1.807, 2.05) is 38.1 Å². The van der Waals surface area contributed by atoms with E-state index < -0.39 is 10.8 Å². The van der Waals surface area contributed by atoms with E-state index in [9.17, 15) is 14.9 Å². The molecule has 1 N–H and O–H groups in total. The van der Waals surface area contributed by atoms with Crippen LogP contribution in [0.25, 0.3) is 0 Å². The fourth-order valence-electron chi connectivity index (χ4n) is 2.10. The van der Waals surface area contributed by atoms with Crippen molar-refractivity contribution in [2.24, 2.45) is 5.10 Å². The lowest BCUT2D eigenvalue weighted by molar-refractivity contribution is -0.385. The van der Waals surface area contributed by atoms with E-state index in [1.165, 1.54) is 18.2 Å². The number of carbonyl (C=O) groups is 1. The Morgan fingerprint density at radius 2 is 1.83 bits per heavy atom. The second kappa shape index (κ2) is 7.31. The van der Waals surface area contributed by atoms with Crippen LogP contribution in [0, 0.1) is 17.0 Å². The Bertz CT molecular complexity index is 752. The lowest BCUT2D eigenvalue weighted by Crippen LogP contribution is -2.21. The predicted octanol–water partition coefficient (Wildman–Crippen LogP) is 3.45. The maximum Gasteiger partial charge on any atom is 0.282 e. The van der Waals surface area contributed by atoms with Gasteiger partial charge in [-0.05, 0) is 25.0 Å². The number of hydrazone groups is 1. The third-order valence-corrected chi connectivity index (χ3v) is 3.36. The molecule has 0 spiro atoms. The zero-order valence-corrected chi connectivity index (χ0v) is 12.9. The van der Waals surface area contributed by atoms with Crippen molar-refractivity contribution in [2.45, 2.75) is 20.3 Å². The summed E-state index contributed by atoms with van der Waals surface area (Å²) in [4.78, 5) is 22.5. The largest absolute Gasteiger partial charge is 0.282 e. The number of para-hydroxylation sites is 1. The molecule has 0 aromatic heterocycles. The van der Waals surface area contributed by atoms with Gasteiger partial charge in [-0.2, -0.15) is 5.10 Å². The zero-order valence-electron chi connectivity index (χ0n) is 12.9. The molecule has 0 bridgehead atoms. The van der Waals surface area contributed by atoms with Gasteiger partial charge in [0.05, 0.1) is 10.6 Å². The van der Waals surface area contributed by atoms with Crippen LogP contribution >= 0.6 is 0 Å². The zero-order chi connectivity index (χ0) is 16.8. The van der Waals surface area contributed by atoms with Crippen molar-refractivity contribution in [3.8, 4) is 0 Å². The molecular formula is C17H17N3O3. The summed E-state index contributed by atoms with van der Waals surface area (Å²) >= 11 is 0. The molecule has 0 unspecified atom stereocenters. The van der Waals surface area contributed by atoms with Crippen LogP contribution in [0.1, 0.15) is 34.8 Å². The van der Waals surface area contributed by atoms with Crippen molar-refractivity contribution < 1.29 is 9.72 Å². The van der Waals surface area contributed by atoms with Gasteiger partial charge in [-0.3, -0.25) is 14.9 Å². The molecule has 23 heavy (non-hydrogen) atoms. The first kappa shape index (κ1) is 16.4. The molecule has 6 heteroatoms. The molecule has 0 saturated heterocycles. The Morgan fingerprint density at radius 1 is 1.17 bits per heavy atom. The number of nitro groups is 1. The number of carbonyl (C=O) groups excluding carboxylic acids is 1. The maximum absolute atomic E-state index is 12.2. The lowest BCUT2D eigenvalue weighted by Gasteiger charge is -2.06. The summed E-state index contributed by atoms with van der Waals surface area (Å²) in [6, 6.07) is 13.6. The average molecular weight is 311 g/mol. The first-order valence-corrected chi connectivity index (χ1v) is 7.20. The molecule has 118 valence electrons. The molecule has 6 nitrogen and oxygen atoms in total. The minimum Gasteiger partial charge on any atom is -0.267 e. The Kier molecular flexibility index (Phi) is 5.19. The van der Waals surface area contributed by atoms with Crippen LogP contribution in [-0.2, 0) is 0 Å². The Morgan fingerprint density at radius 3 is 2.43 bits per heavy atom. The van der Waals surface area contributed by atoms with Crippen LogP contribution in [-0.4, -0.2) is 16.5 Å². The quantitative estimate of drug-likeness (QED) is 0.521. The number of rotatable bonds is 5. The highest BCUT2D eigenvalue weighted by Gasteiger charge is 2.18. The van der Waals surface area contributed by atoms with Gasteiger partial charge in [-0.1, -0.05) is 48.9 Å². The van der Waals surface area contributed by atoms with Crippen molar-refractivity contribution in [3.05, 3.63) is 75.3 Å². The van der Waals surface area contributed by atoms with Gasteiger partial charge in [0.15, 0.2) is 0 Å². The predicted molar refractivity (Wildman–Crippen MR) is 88.6 cm³/mol. The standard InChI is InChI=1S/C17H17N3O3/c1-3-15(13-10-8-12(2)9-11-13)18-19-17(21)14-6-4-5-7-16(14)20(22)23/h4-11H,3H2,1-2H3,(H,19,21)/b18-15+. The van der Waals surface area contributed by atoms with E-state index >= 15 is 0 Å². The van der Waals surface area contributed by atoms with Gasteiger partial charge in [0.2, 0.25) is 0 Å². The average Bonchev–Trinajstić information content (AvgIpc) is 2.56. The normalized spacial score (nSPS) is 11.1. The summed E-state index contributed by atoms with van der Waals surface area (Å²) in [5, 5.41) is 15.1. The highest BCUT2D eigenvalue weighted by molar-refractivity contribution is 6.03. The topological polar surface area (TPSA) is 84.6 Å². The van der Waals surface area contributed by atoms with Crippen LogP contribution < -0.4 is 5.43 Å². The highest BCUT2D eigenvalue weighted by atomic mass is 16.6. The molecule has 0 radical (unpaired) electrons. The van der Waals surface area contributed by atoms with Crippen molar-refractivity contribution >= 4 is 17.3 Å². The van der Waals surface area contributed by atoms with Crippen molar-refractivity contribution in [3.63, 3.8) is 0 Å². The molecule has 0 aliphatic heterocycles. The van der Waals surface area contributed by atoms with E-state index in [-0.39, 0.29) is 11.3 Å². The molecule has 2 rings (SSSR count). The molecule has 1 amide bonds. The molecule has 2 aromatic rings. The van der Waals surface area contributed by atoms with Gasteiger partial charge in [0.1, 0.15) is 5.56 Å². The second-order valence-electron chi connectivity index (χ2n) is 4.99. The summed E-state index contributed by atoms with van der Waals surface area (Å²) in [6.45, 7) is 3.92. The van der Waals surface area contributed by atoms with E-state index in [2.05, 4.69) is 10.5 Å². The molecule has 2 aromatic carbocycles. The van der Waals surface area contributed by atoms with E-state index in [0.717, 1.165) is 11.1 Å². The minimum absolute atomic E-state index is 0.0133. The number of nitro benzene ring substituents is 1. The van der Waals surface area contributed by atoms with E-state index in [1.54, 1.807) is 6.07 Å². The molecule has 0 saturated carbocycles. The second-order valence-corrected chi connectivity index (χ2v) is 4.99. The Hall–Kier alpha value is -3.02. The fourth-order valence-corrected chi connectivity index (χ4v) is 2.10. The first-order valence-electron chi connectivity index (χ1n) is 7.20. The third kappa shape index (κ3) is 4.00. The maximum atomic E-state index is 12.2. The summed E-state index contributed by atoms with van der Waals surface area (Å²) < 4.78 is 0. The SMILES string of the molecule is CC/C(=N\NC(=O)c1ccccc1[N+](=O)[O-])c1ccc(C)cc1. The molecule has 0 fully saturated rings. The van der Waals surface area contributed by atoms with Crippen molar-refractivity contribution in [2.75, 3.05) is 0 Å². The van der Waals surface area contributed by atoms with Crippen LogP contribution in [0.5, 0.6) is 0 Å². The molecule has 0 aliphatic rings. The smallest absolute Gasteiger partial charge is 0.267 e. The number of aryl methyl sites for hydroxylation is 1. The monoisotopic (exact) mass is 311 g/mol. The number of hydrogen-bond acceptors (Lipinski definition) is 4. The van der Waals surface area contributed by atoms with Crippen molar-refractivity contribution in [1.82, 2.24) is 5.43 Å². The van der Waals surface area contributed by atoms with Gasteiger partial charge in [0, 0.05) is 6.07 Å². The van der Waals surface area contributed by atoms with Gasteiger partial charge in [-0.15, -0.1) is 0 Å². The molecular weight excluding hydrogens is 294 g/mol. The van der Waals surface area contributed by atoms with E-state index in [4.69, 9.17) is 0 Å². The number of hydrogen-bond donors (Lipinski definition) is 1. The summed E-state index contributed by atoms with van der Waals surface area (Å²) in [5.74, 6) is -0.602. The third-order valence-electron chi connectivity index (χ3n) is 3.36. The van der Waals surface area contributed by atoms with Crippen LogP contribution in [0.2, 0.25) is 0 Å². The summed E-state index contributed by atoms with van der Waals surface area (Å²) in [5.41, 5.74) is 4.89. The van der Waals surface area contributed by atoms with Gasteiger partial charge >= 0.3 is 0 Å². The van der Waals surface area contributed by atoms with Gasteiger partial charge in [0.25, 0.3) is 11.6 Å². The Balaban J connectivity index is 2.22. The number of amides is 1.